The van der Waals surface area contributed by atoms with Gasteiger partial charge in [0.2, 0.25) is 0 Å². The van der Waals surface area contributed by atoms with Gasteiger partial charge in [-0.1, -0.05) is 18.2 Å². The fourth-order valence-electron chi connectivity index (χ4n) is 3.76. The summed E-state index contributed by atoms with van der Waals surface area (Å²) in [6.45, 7) is 0.536. The molecule has 0 atom stereocenters. The Bertz CT molecular complexity index is 1260. The molecule has 0 unspecified atom stereocenters. The molecule has 170 valence electrons. The molecule has 1 heterocycles. The number of anilines is 1. The van der Waals surface area contributed by atoms with E-state index in [2.05, 4.69) is 17.0 Å². The van der Waals surface area contributed by atoms with E-state index in [1.807, 2.05) is 55.6 Å². The van der Waals surface area contributed by atoms with Gasteiger partial charge >= 0.3 is 0 Å². The van der Waals surface area contributed by atoms with E-state index < -0.39 is 0 Å². The average Bonchev–Trinajstić information content (AvgIpc) is 2.87. The third kappa shape index (κ3) is 4.48. The van der Waals surface area contributed by atoms with Crippen molar-refractivity contribution in [2.45, 2.75) is 6.54 Å². The zero-order valence-electron chi connectivity index (χ0n) is 19.5. The molecule has 3 aromatic carbocycles. The predicted octanol–water partition coefficient (Wildman–Crippen LogP) is 4.97. The lowest BCUT2D eigenvalue weighted by atomic mass is 10.0. The molecule has 0 saturated heterocycles. The second kappa shape index (κ2) is 9.65. The molecule has 1 aromatic heterocycles. The summed E-state index contributed by atoms with van der Waals surface area (Å²) < 4.78 is 22.0. The van der Waals surface area contributed by atoms with Crippen molar-refractivity contribution >= 4 is 16.6 Å². The van der Waals surface area contributed by atoms with Crippen molar-refractivity contribution in [3.63, 3.8) is 0 Å². The van der Waals surface area contributed by atoms with Gasteiger partial charge in [0.15, 0.2) is 23.0 Å². The SMILES string of the molecule is COc1ccc(-c2nc(CN(C)c3ccccc3)nc3cc(OC)c(OC)cc23)cc1OC. The van der Waals surface area contributed by atoms with Gasteiger partial charge in [0.1, 0.15) is 5.82 Å². The Morgan fingerprint density at radius 2 is 1.33 bits per heavy atom. The topological polar surface area (TPSA) is 65.9 Å². The first-order valence-electron chi connectivity index (χ1n) is 10.5. The summed E-state index contributed by atoms with van der Waals surface area (Å²) in [6, 6.07) is 19.7. The first kappa shape index (κ1) is 22.2. The lowest BCUT2D eigenvalue weighted by Crippen LogP contribution is -2.18. The van der Waals surface area contributed by atoms with Crippen LogP contribution in [-0.4, -0.2) is 45.5 Å². The standard InChI is InChI=1S/C26H27N3O4/c1-29(18-9-7-6-8-10-18)16-25-27-20-15-24(33-5)23(32-4)14-19(20)26(28-25)17-11-12-21(30-2)22(13-17)31-3/h6-15H,16H2,1-5H3. The van der Waals surface area contributed by atoms with Gasteiger partial charge in [-0.3, -0.25) is 0 Å². The molecule has 0 aliphatic carbocycles. The molecule has 7 heteroatoms. The molecule has 0 aliphatic heterocycles. The molecule has 7 nitrogen and oxygen atoms in total. The molecule has 4 aromatic rings. The maximum Gasteiger partial charge on any atom is 0.162 e. The number of aromatic nitrogens is 2. The number of hydrogen-bond donors (Lipinski definition) is 0. The highest BCUT2D eigenvalue weighted by Crippen LogP contribution is 2.38. The predicted molar refractivity (Wildman–Crippen MR) is 130 cm³/mol. The monoisotopic (exact) mass is 445 g/mol. The van der Waals surface area contributed by atoms with Gasteiger partial charge < -0.3 is 23.8 Å². The van der Waals surface area contributed by atoms with Crippen LogP contribution in [0.4, 0.5) is 5.69 Å². The van der Waals surface area contributed by atoms with Crippen LogP contribution in [0.25, 0.3) is 22.2 Å². The lowest BCUT2D eigenvalue weighted by Gasteiger charge is -2.20. The minimum absolute atomic E-state index is 0.536. The van der Waals surface area contributed by atoms with E-state index in [1.54, 1.807) is 28.4 Å². The number of para-hydroxylation sites is 1. The largest absolute Gasteiger partial charge is 0.493 e. The number of ether oxygens (including phenoxy) is 4. The molecular weight excluding hydrogens is 418 g/mol. The van der Waals surface area contributed by atoms with E-state index in [1.165, 1.54) is 0 Å². The van der Waals surface area contributed by atoms with Crippen LogP contribution in [0.2, 0.25) is 0 Å². The molecule has 4 rings (SSSR count). The van der Waals surface area contributed by atoms with Gasteiger partial charge in [-0.25, -0.2) is 9.97 Å². The van der Waals surface area contributed by atoms with E-state index in [0.29, 0.717) is 35.4 Å². The Labute approximate surface area is 193 Å². The smallest absolute Gasteiger partial charge is 0.162 e. The van der Waals surface area contributed by atoms with E-state index in [-0.39, 0.29) is 0 Å². The first-order valence-corrected chi connectivity index (χ1v) is 10.5. The molecule has 0 fully saturated rings. The Morgan fingerprint density at radius 1 is 0.697 bits per heavy atom. The Hall–Kier alpha value is -4.00. The van der Waals surface area contributed by atoms with Crippen LogP contribution in [0, 0.1) is 0 Å². The fraction of sp³-hybridized carbons (Fsp3) is 0.231. The van der Waals surface area contributed by atoms with Crippen molar-refractivity contribution < 1.29 is 18.9 Å². The van der Waals surface area contributed by atoms with E-state index >= 15 is 0 Å². The van der Waals surface area contributed by atoms with E-state index in [4.69, 9.17) is 28.9 Å². The van der Waals surface area contributed by atoms with E-state index in [0.717, 1.165) is 27.8 Å². The maximum absolute atomic E-state index is 5.54. The summed E-state index contributed by atoms with van der Waals surface area (Å²) in [5.74, 6) is 3.20. The Balaban J connectivity index is 1.89. The summed E-state index contributed by atoms with van der Waals surface area (Å²) >= 11 is 0. The minimum atomic E-state index is 0.536. The Morgan fingerprint density at radius 3 is 2.00 bits per heavy atom. The molecule has 33 heavy (non-hydrogen) atoms. The number of methoxy groups -OCH3 is 4. The summed E-state index contributed by atoms with van der Waals surface area (Å²) in [6.07, 6.45) is 0. The molecule has 0 amide bonds. The van der Waals surface area contributed by atoms with Crippen molar-refractivity contribution in [1.82, 2.24) is 9.97 Å². The van der Waals surface area contributed by atoms with Gasteiger partial charge in [-0.15, -0.1) is 0 Å². The first-order chi connectivity index (χ1) is 16.1. The molecular formula is C26H27N3O4. The van der Waals surface area contributed by atoms with Gasteiger partial charge in [0.25, 0.3) is 0 Å². The van der Waals surface area contributed by atoms with Crippen LogP contribution in [-0.2, 0) is 6.54 Å². The number of hydrogen-bond acceptors (Lipinski definition) is 7. The van der Waals surface area contributed by atoms with Crippen molar-refractivity contribution in [2.75, 3.05) is 40.4 Å². The van der Waals surface area contributed by atoms with Crippen LogP contribution in [0.3, 0.4) is 0 Å². The number of rotatable bonds is 8. The summed E-state index contributed by atoms with van der Waals surface area (Å²) in [5, 5.41) is 0.853. The molecule has 0 radical (unpaired) electrons. The molecule has 0 aliphatic rings. The highest BCUT2D eigenvalue weighted by Gasteiger charge is 2.17. The zero-order valence-corrected chi connectivity index (χ0v) is 19.5. The van der Waals surface area contributed by atoms with Gasteiger partial charge in [0.05, 0.1) is 46.2 Å². The Kier molecular flexibility index (Phi) is 6.49. The minimum Gasteiger partial charge on any atom is -0.493 e. The zero-order chi connectivity index (χ0) is 23.4. The molecule has 0 N–H and O–H groups in total. The third-order valence-electron chi connectivity index (χ3n) is 5.48. The van der Waals surface area contributed by atoms with Gasteiger partial charge in [-0.2, -0.15) is 0 Å². The quantitative estimate of drug-likeness (QED) is 0.379. The summed E-state index contributed by atoms with van der Waals surface area (Å²) in [5.41, 5.74) is 3.51. The van der Waals surface area contributed by atoms with Crippen molar-refractivity contribution in [1.29, 1.82) is 0 Å². The van der Waals surface area contributed by atoms with E-state index in [9.17, 15) is 0 Å². The molecule has 0 saturated carbocycles. The van der Waals surface area contributed by atoms with Gasteiger partial charge in [0, 0.05) is 29.8 Å². The number of fused-ring (bicyclic) bond motifs is 1. The van der Waals surface area contributed by atoms with Crippen molar-refractivity contribution in [2.24, 2.45) is 0 Å². The third-order valence-corrected chi connectivity index (χ3v) is 5.48. The lowest BCUT2D eigenvalue weighted by molar-refractivity contribution is 0.355. The summed E-state index contributed by atoms with van der Waals surface area (Å²) in [7, 11) is 8.49. The number of nitrogens with zero attached hydrogens (tertiary/aromatic N) is 3. The molecule has 0 spiro atoms. The highest BCUT2D eigenvalue weighted by atomic mass is 16.5. The van der Waals surface area contributed by atoms with Crippen LogP contribution < -0.4 is 23.8 Å². The van der Waals surface area contributed by atoms with Gasteiger partial charge in [-0.05, 0) is 36.4 Å². The second-order valence-electron chi connectivity index (χ2n) is 7.47. The van der Waals surface area contributed by atoms with Crippen molar-refractivity contribution in [3.8, 4) is 34.3 Å². The molecule has 0 bridgehead atoms. The van der Waals surface area contributed by atoms with Crippen molar-refractivity contribution in [3.05, 3.63) is 66.5 Å². The van der Waals surface area contributed by atoms with Crippen LogP contribution in [0.1, 0.15) is 5.82 Å². The van der Waals surface area contributed by atoms with Crippen LogP contribution >= 0.6 is 0 Å². The number of benzene rings is 3. The maximum atomic E-state index is 5.54. The van der Waals surface area contributed by atoms with Crippen LogP contribution in [0.15, 0.2) is 60.7 Å². The fourth-order valence-corrected chi connectivity index (χ4v) is 3.76. The normalized spacial score (nSPS) is 10.7. The highest BCUT2D eigenvalue weighted by molar-refractivity contribution is 5.95. The second-order valence-corrected chi connectivity index (χ2v) is 7.47. The van der Waals surface area contributed by atoms with Crippen LogP contribution in [0.5, 0.6) is 23.0 Å². The summed E-state index contributed by atoms with van der Waals surface area (Å²) in [4.78, 5) is 11.9. The average molecular weight is 446 g/mol.